The normalized spacial score (nSPS) is 20.8. The van der Waals surface area contributed by atoms with Gasteiger partial charge in [-0.2, -0.15) is 0 Å². The van der Waals surface area contributed by atoms with Gasteiger partial charge in [0.1, 0.15) is 5.75 Å². The third-order valence-corrected chi connectivity index (χ3v) is 4.41. The number of para-hydroxylation sites is 1. The van der Waals surface area contributed by atoms with Crippen molar-refractivity contribution in [2.75, 3.05) is 13.7 Å². The number of benzene rings is 2. The lowest BCUT2D eigenvalue weighted by atomic mass is 9.75. The highest BCUT2D eigenvalue weighted by molar-refractivity contribution is 5.37. The maximum absolute atomic E-state index is 5.46. The first-order chi connectivity index (χ1) is 10.4. The van der Waals surface area contributed by atoms with E-state index in [1.165, 1.54) is 24.0 Å². The number of methoxy groups -OCH3 is 1. The second-order valence-electron chi connectivity index (χ2n) is 5.80. The van der Waals surface area contributed by atoms with Crippen LogP contribution in [0.1, 0.15) is 29.9 Å². The summed E-state index contributed by atoms with van der Waals surface area (Å²) in [7, 11) is 1.76. The minimum atomic E-state index is 0.648. The molecule has 0 bridgehead atoms. The van der Waals surface area contributed by atoms with E-state index < -0.39 is 0 Å². The zero-order valence-corrected chi connectivity index (χ0v) is 12.6. The van der Waals surface area contributed by atoms with Crippen LogP contribution in [0.5, 0.6) is 5.75 Å². The van der Waals surface area contributed by atoms with E-state index >= 15 is 0 Å². The molecule has 0 heterocycles. The molecular weight excluding hydrogens is 258 g/mol. The summed E-state index contributed by atoms with van der Waals surface area (Å²) in [6, 6.07) is 19.7. The van der Waals surface area contributed by atoms with Gasteiger partial charge in [0.05, 0.1) is 7.11 Å². The van der Waals surface area contributed by atoms with E-state index in [0.717, 1.165) is 18.7 Å². The molecule has 1 N–H and O–H groups in total. The summed E-state index contributed by atoms with van der Waals surface area (Å²) in [6.45, 7) is 1.06. The van der Waals surface area contributed by atoms with Crippen LogP contribution in [0.4, 0.5) is 0 Å². The molecule has 21 heavy (non-hydrogen) atoms. The molecule has 0 radical (unpaired) electrons. The Labute approximate surface area is 127 Å². The van der Waals surface area contributed by atoms with E-state index in [1.54, 1.807) is 7.11 Å². The van der Waals surface area contributed by atoms with Crippen molar-refractivity contribution in [1.29, 1.82) is 0 Å². The third kappa shape index (κ3) is 3.45. The summed E-state index contributed by atoms with van der Waals surface area (Å²) < 4.78 is 5.46. The predicted octanol–water partition coefficient (Wildman–Crippen LogP) is 3.77. The van der Waals surface area contributed by atoms with Gasteiger partial charge < -0.3 is 10.1 Å². The number of hydrogen-bond donors (Lipinski definition) is 1. The zero-order valence-electron chi connectivity index (χ0n) is 12.6. The van der Waals surface area contributed by atoms with Crippen molar-refractivity contribution < 1.29 is 4.74 Å². The summed E-state index contributed by atoms with van der Waals surface area (Å²) in [5, 5.41) is 3.66. The summed E-state index contributed by atoms with van der Waals surface area (Å²) in [5.41, 5.74) is 2.77. The Morgan fingerprint density at radius 3 is 2.48 bits per heavy atom. The fourth-order valence-electron chi connectivity index (χ4n) is 3.11. The monoisotopic (exact) mass is 281 g/mol. The summed E-state index contributed by atoms with van der Waals surface area (Å²) in [6.07, 6.45) is 3.54. The lowest BCUT2D eigenvalue weighted by Gasteiger charge is -2.37. The van der Waals surface area contributed by atoms with Gasteiger partial charge in [-0.05, 0) is 48.9 Å². The minimum Gasteiger partial charge on any atom is -0.496 e. The van der Waals surface area contributed by atoms with E-state index in [2.05, 4.69) is 53.8 Å². The van der Waals surface area contributed by atoms with Crippen LogP contribution in [0.25, 0.3) is 0 Å². The van der Waals surface area contributed by atoms with Gasteiger partial charge in [0, 0.05) is 6.04 Å². The molecule has 1 aliphatic rings. The fraction of sp³-hybridized carbons (Fsp3) is 0.368. The number of ether oxygens (including phenoxy) is 1. The second-order valence-corrected chi connectivity index (χ2v) is 5.80. The molecule has 0 unspecified atom stereocenters. The van der Waals surface area contributed by atoms with Crippen molar-refractivity contribution in [1.82, 2.24) is 5.32 Å². The lowest BCUT2D eigenvalue weighted by molar-refractivity contribution is 0.285. The molecule has 0 amide bonds. The largest absolute Gasteiger partial charge is 0.496 e. The maximum atomic E-state index is 5.46. The lowest BCUT2D eigenvalue weighted by Crippen LogP contribution is -2.41. The highest BCUT2D eigenvalue weighted by Crippen LogP contribution is 2.40. The van der Waals surface area contributed by atoms with Gasteiger partial charge in [-0.3, -0.25) is 0 Å². The SMILES string of the molecule is COc1ccccc1C1CC(NCCc2ccccc2)C1. The molecule has 1 saturated carbocycles. The Balaban J connectivity index is 1.44. The molecule has 0 spiro atoms. The number of rotatable bonds is 6. The molecule has 2 aromatic carbocycles. The van der Waals surface area contributed by atoms with Gasteiger partial charge >= 0.3 is 0 Å². The molecular formula is C19H23NO. The molecule has 0 atom stereocenters. The van der Waals surface area contributed by atoms with Crippen molar-refractivity contribution in [2.45, 2.75) is 31.2 Å². The molecule has 3 rings (SSSR count). The molecule has 110 valence electrons. The van der Waals surface area contributed by atoms with Crippen LogP contribution in [0.15, 0.2) is 54.6 Å². The van der Waals surface area contributed by atoms with Crippen LogP contribution in [0.2, 0.25) is 0 Å². The van der Waals surface area contributed by atoms with Crippen molar-refractivity contribution in [3.63, 3.8) is 0 Å². The quantitative estimate of drug-likeness (QED) is 0.870. The van der Waals surface area contributed by atoms with E-state index in [4.69, 9.17) is 4.74 Å². The van der Waals surface area contributed by atoms with Crippen molar-refractivity contribution in [3.8, 4) is 5.75 Å². The van der Waals surface area contributed by atoms with E-state index in [-0.39, 0.29) is 0 Å². The number of hydrogen-bond acceptors (Lipinski definition) is 2. The van der Waals surface area contributed by atoms with Crippen LogP contribution >= 0.6 is 0 Å². The van der Waals surface area contributed by atoms with Gasteiger partial charge in [-0.25, -0.2) is 0 Å². The van der Waals surface area contributed by atoms with Crippen LogP contribution in [-0.4, -0.2) is 19.7 Å². The van der Waals surface area contributed by atoms with E-state index in [0.29, 0.717) is 12.0 Å². The van der Waals surface area contributed by atoms with Crippen molar-refractivity contribution in [3.05, 3.63) is 65.7 Å². The van der Waals surface area contributed by atoms with E-state index in [1.807, 2.05) is 6.07 Å². The third-order valence-electron chi connectivity index (χ3n) is 4.41. The average molecular weight is 281 g/mol. The van der Waals surface area contributed by atoms with Gasteiger partial charge in [0.25, 0.3) is 0 Å². The smallest absolute Gasteiger partial charge is 0.122 e. The standard InChI is InChI=1S/C19H23NO/c1-21-19-10-6-5-9-18(19)16-13-17(14-16)20-12-11-15-7-3-2-4-8-15/h2-10,16-17,20H,11-14H2,1H3. The summed E-state index contributed by atoms with van der Waals surface area (Å²) >= 11 is 0. The van der Waals surface area contributed by atoms with Crippen LogP contribution in [0.3, 0.4) is 0 Å². The molecule has 0 aromatic heterocycles. The fourth-order valence-corrected chi connectivity index (χ4v) is 3.11. The molecule has 0 saturated heterocycles. The Morgan fingerprint density at radius 2 is 1.71 bits per heavy atom. The molecule has 1 aliphatic carbocycles. The highest BCUT2D eigenvalue weighted by Gasteiger charge is 2.31. The Hall–Kier alpha value is -1.80. The Bertz CT molecular complexity index is 561. The van der Waals surface area contributed by atoms with Crippen LogP contribution in [0, 0.1) is 0 Å². The molecule has 2 heteroatoms. The first-order valence-electron chi connectivity index (χ1n) is 7.77. The second kappa shape index (κ2) is 6.77. The predicted molar refractivity (Wildman–Crippen MR) is 86.9 cm³/mol. The zero-order chi connectivity index (χ0) is 14.5. The van der Waals surface area contributed by atoms with Gasteiger partial charge in [-0.1, -0.05) is 48.5 Å². The Kier molecular flexibility index (Phi) is 4.56. The summed E-state index contributed by atoms with van der Waals surface area (Å²) in [5.74, 6) is 1.68. The van der Waals surface area contributed by atoms with Crippen LogP contribution in [-0.2, 0) is 6.42 Å². The molecule has 2 nitrogen and oxygen atoms in total. The molecule has 0 aliphatic heterocycles. The first-order valence-corrected chi connectivity index (χ1v) is 7.77. The average Bonchev–Trinajstić information content (AvgIpc) is 2.50. The summed E-state index contributed by atoms with van der Waals surface area (Å²) in [4.78, 5) is 0. The highest BCUT2D eigenvalue weighted by atomic mass is 16.5. The van der Waals surface area contributed by atoms with Gasteiger partial charge in [-0.15, -0.1) is 0 Å². The van der Waals surface area contributed by atoms with Crippen molar-refractivity contribution in [2.24, 2.45) is 0 Å². The number of nitrogens with one attached hydrogen (secondary N) is 1. The Morgan fingerprint density at radius 1 is 1.00 bits per heavy atom. The first kappa shape index (κ1) is 14.2. The van der Waals surface area contributed by atoms with Crippen molar-refractivity contribution >= 4 is 0 Å². The molecule has 2 aromatic rings. The van der Waals surface area contributed by atoms with Crippen LogP contribution < -0.4 is 10.1 Å². The minimum absolute atomic E-state index is 0.648. The maximum Gasteiger partial charge on any atom is 0.122 e. The van der Waals surface area contributed by atoms with Gasteiger partial charge in [0.15, 0.2) is 0 Å². The topological polar surface area (TPSA) is 21.3 Å². The van der Waals surface area contributed by atoms with Gasteiger partial charge in [0.2, 0.25) is 0 Å². The molecule has 1 fully saturated rings. The van der Waals surface area contributed by atoms with E-state index in [9.17, 15) is 0 Å².